The first-order valence-corrected chi connectivity index (χ1v) is 13.9. The van der Waals surface area contributed by atoms with Gasteiger partial charge in [0, 0.05) is 50.1 Å². The number of aromatic nitrogens is 2. The van der Waals surface area contributed by atoms with E-state index < -0.39 is 11.7 Å². The molecular formula is C28H27ClF3N5OS. The molecular weight excluding hydrogens is 547 g/mol. The van der Waals surface area contributed by atoms with E-state index in [0.29, 0.717) is 22.0 Å². The fourth-order valence-corrected chi connectivity index (χ4v) is 6.22. The van der Waals surface area contributed by atoms with Crippen LogP contribution >= 0.6 is 23.4 Å². The highest BCUT2D eigenvalue weighted by Crippen LogP contribution is 2.46. The summed E-state index contributed by atoms with van der Waals surface area (Å²) in [5.74, 6) is 0.551. The van der Waals surface area contributed by atoms with Gasteiger partial charge in [-0.25, -0.2) is 9.97 Å². The summed E-state index contributed by atoms with van der Waals surface area (Å²) in [6.45, 7) is 4.76. The Labute approximate surface area is 234 Å². The molecule has 3 heterocycles. The Morgan fingerprint density at radius 2 is 1.72 bits per heavy atom. The number of amides is 1. The highest BCUT2D eigenvalue weighted by molar-refractivity contribution is 8.04. The monoisotopic (exact) mass is 573 g/mol. The Kier molecular flexibility index (Phi) is 8.44. The molecule has 1 atom stereocenters. The lowest BCUT2D eigenvalue weighted by Crippen LogP contribution is -2.47. The molecule has 0 aliphatic carbocycles. The summed E-state index contributed by atoms with van der Waals surface area (Å²) >= 11 is 7.59. The first-order valence-electron chi connectivity index (χ1n) is 12.6. The van der Waals surface area contributed by atoms with Gasteiger partial charge in [0.25, 0.3) is 5.91 Å². The number of rotatable bonds is 7. The smallest absolute Gasteiger partial charge is 0.338 e. The van der Waals surface area contributed by atoms with Gasteiger partial charge in [0.1, 0.15) is 5.37 Å². The van der Waals surface area contributed by atoms with Crippen LogP contribution in [-0.4, -0.2) is 64.9 Å². The van der Waals surface area contributed by atoms with Crippen molar-refractivity contribution in [3.63, 3.8) is 0 Å². The average Bonchev–Trinajstić information content (AvgIpc) is 3.24. The van der Waals surface area contributed by atoms with Gasteiger partial charge in [-0.3, -0.25) is 9.69 Å². The first kappa shape index (κ1) is 27.5. The lowest BCUT2D eigenvalue weighted by molar-refractivity contribution is -0.137. The second-order valence-electron chi connectivity index (χ2n) is 9.39. The molecule has 2 aliphatic rings. The predicted octanol–water partition coefficient (Wildman–Crippen LogP) is 5.98. The van der Waals surface area contributed by atoms with Gasteiger partial charge in [-0.1, -0.05) is 47.6 Å². The zero-order chi connectivity index (χ0) is 27.4. The van der Waals surface area contributed by atoms with Crippen LogP contribution in [0, 0.1) is 0 Å². The zero-order valence-corrected chi connectivity index (χ0v) is 22.6. The number of alkyl halides is 3. The maximum Gasteiger partial charge on any atom is 0.416 e. The van der Waals surface area contributed by atoms with Crippen molar-refractivity contribution in [2.24, 2.45) is 0 Å². The van der Waals surface area contributed by atoms with E-state index in [1.807, 2.05) is 18.2 Å². The van der Waals surface area contributed by atoms with Crippen molar-refractivity contribution in [3.8, 4) is 0 Å². The minimum absolute atomic E-state index is 0.187. The topological polar surface area (TPSA) is 52.6 Å². The number of halogens is 4. The molecule has 11 heteroatoms. The van der Waals surface area contributed by atoms with Crippen molar-refractivity contribution >= 4 is 41.3 Å². The molecule has 2 aromatic carbocycles. The van der Waals surface area contributed by atoms with Crippen LogP contribution in [0.4, 0.5) is 19.1 Å². The minimum Gasteiger partial charge on any atom is -0.338 e. The van der Waals surface area contributed by atoms with E-state index in [9.17, 15) is 18.0 Å². The largest absolute Gasteiger partial charge is 0.416 e. The average molecular weight is 574 g/mol. The molecule has 3 aromatic rings. The summed E-state index contributed by atoms with van der Waals surface area (Å²) in [5, 5.41) is 0.261. The van der Waals surface area contributed by atoms with Crippen molar-refractivity contribution in [3.05, 3.63) is 93.6 Å². The van der Waals surface area contributed by atoms with E-state index >= 15 is 0 Å². The summed E-state index contributed by atoms with van der Waals surface area (Å²) in [5.41, 5.74) is 0.479. The fourth-order valence-electron chi connectivity index (χ4n) is 4.75. The summed E-state index contributed by atoms with van der Waals surface area (Å²) in [4.78, 5) is 28.9. The molecule has 0 N–H and O–H groups in total. The maximum atomic E-state index is 13.5. The predicted molar refractivity (Wildman–Crippen MR) is 148 cm³/mol. The van der Waals surface area contributed by atoms with Crippen molar-refractivity contribution in [1.29, 1.82) is 0 Å². The number of anilines is 1. The standard InChI is InChI=1S/C28H27ClF3N5OS/c29-23-8-2-6-21(19-23)26-37(12-4-11-35-13-15-36(16-14-35)27-33-9-3-10-34-27)25(38)24(39-26)18-20-5-1-7-22(17-20)28(30,31)32/h1-3,5-10,17-19,26H,4,11-16H2/b24-18+. The molecule has 2 aliphatic heterocycles. The molecule has 2 fully saturated rings. The molecule has 1 aromatic heterocycles. The van der Waals surface area contributed by atoms with Crippen LogP contribution in [0.15, 0.2) is 71.9 Å². The summed E-state index contributed by atoms with van der Waals surface area (Å²) < 4.78 is 39.6. The molecule has 204 valence electrons. The Morgan fingerprint density at radius 1 is 0.974 bits per heavy atom. The zero-order valence-electron chi connectivity index (χ0n) is 21.0. The van der Waals surface area contributed by atoms with E-state index in [4.69, 9.17) is 11.6 Å². The Hall–Kier alpha value is -3.08. The van der Waals surface area contributed by atoms with E-state index in [1.165, 1.54) is 17.8 Å². The second kappa shape index (κ2) is 12.0. The third kappa shape index (κ3) is 6.74. The maximum absolute atomic E-state index is 13.5. The van der Waals surface area contributed by atoms with E-state index in [1.54, 1.807) is 41.6 Å². The number of carbonyl (C=O) groups excluding carboxylic acids is 1. The summed E-state index contributed by atoms with van der Waals surface area (Å²) in [6.07, 6.45) is 1.35. The first-order chi connectivity index (χ1) is 18.8. The number of thioether (sulfide) groups is 1. The molecule has 0 radical (unpaired) electrons. The number of carbonyl (C=O) groups is 1. The summed E-state index contributed by atoms with van der Waals surface area (Å²) in [6, 6.07) is 14.2. The van der Waals surface area contributed by atoms with E-state index in [2.05, 4.69) is 19.8 Å². The van der Waals surface area contributed by atoms with Gasteiger partial charge in [-0.15, -0.1) is 0 Å². The molecule has 1 amide bonds. The van der Waals surface area contributed by atoms with Gasteiger partial charge < -0.3 is 9.80 Å². The lowest BCUT2D eigenvalue weighted by atomic mass is 10.1. The third-order valence-electron chi connectivity index (χ3n) is 6.72. The van der Waals surface area contributed by atoms with Crippen LogP contribution in [0.25, 0.3) is 6.08 Å². The Morgan fingerprint density at radius 3 is 2.44 bits per heavy atom. The molecule has 39 heavy (non-hydrogen) atoms. The molecule has 0 spiro atoms. The number of nitrogens with zero attached hydrogens (tertiary/aromatic N) is 5. The molecule has 0 bridgehead atoms. The molecule has 5 rings (SSSR count). The van der Waals surface area contributed by atoms with E-state index in [0.717, 1.165) is 62.8 Å². The van der Waals surface area contributed by atoms with Gasteiger partial charge >= 0.3 is 6.18 Å². The quantitative estimate of drug-likeness (QED) is 0.324. The highest BCUT2D eigenvalue weighted by Gasteiger charge is 2.37. The SMILES string of the molecule is O=C1/C(=C\c2cccc(C(F)(F)F)c2)SC(c2cccc(Cl)c2)N1CCCN1CCN(c2ncccn2)CC1. The number of benzene rings is 2. The van der Waals surface area contributed by atoms with Crippen LogP contribution in [0.3, 0.4) is 0 Å². The van der Waals surface area contributed by atoms with Crippen molar-refractivity contribution in [1.82, 2.24) is 19.8 Å². The minimum atomic E-state index is -4.45. The molecule has 0 saturated carbocycles. The Bertz CT molecular complexity index is 1330. The normalized spacial score (nSPS) is 19.7. The van der Waals surface area contributed by atoms with Gasteiger partial charge in [0.05, 0.1) is 10.5 Å². The van der Waals surface area contributed by atoms with Crippen molar-refractivity contribution in [2.75, 3.05) is 44.2 Å². The van der Waals surface area contributed by atoms with E-state index in [-0.39, 0.29) is 11.3 Å². The fraction of sp³-hybridized carbons (Fsp3) is 0.321. The molecule has 6 nitrogen and oxygen atoms in total. The van der Waals surface area contributed by atoms with Crippen LogP contribution in [0.1, 0.15) is 28.5 Å². The lowest BCUT2D eigenvalue weighted by Gasteiger charge is -2.35. The van der Waals surface area contributed by atoms with Crippen molar-refractivity contribution in [2.45, 2.75) is 18.0 Å². The van der Waals surface area contributed by atoms with Gasteiger partial charge in [-0.05, 0) is 60.5 Å². The van der Waals surface area contributed by atoms with Gasteiger partial charge in [0.2, 0.25) is 5.95 Å². The number of hydrogen-bond donors (Lipinski definition) is 0. The van der Waals surface area contributed by atoms with Crippen LogP contribution in [0.5, 0.6) is 0 Å². The third-order valence-corrected chi connectivity index (χ3v) is 8.25. The van der Waals surface area contributed by atoms with Crippen LogP contribution in [-0.2, 0) is 11.0 Å². The van der Waals surface area contributed by atoms with Gasteiger partial charge in [0.15, 0.2) is 0 Å². The highest BCUT2D eigenvalue weighted by atomic mass is 35.5. The Balaban J connectivity index is 1.26. The second-order valence-corrected chi connectivity index (χ2v) is 10.9. The van der Waals surface area contributed by atoms with Crippen LogP contribution in [0.2, 0.25) is 5.02 Å². The number of hydrogen-bond acceptors (Lipinski definition) is 6. The van der Waals surface area contributed by atoms with Gasteiger partial charge in [-0.2, -0.15) is 13.2 Å². The van der Waals surface area contributed by atoms with Crippen molar-refractivity contribution < 1.29 is 18.0 Å². The summed E-state index contributed by atoms with van der Waals surface area (Å²) in [7, 11) is 0. The van der Waals surface area contributed by atoms with Crippen LogP contribution < -0.4 is 4.90 Å². The molecule has 1 unspecified atom stereocenters. The number of piperazine rings is 1. The molecule has 2 saturated heterocycles.